The lowest BCUT2D eigenvalue weighted by molar-refractivity contribution is 0.613. The van der Waals surface area contributed by atoms with Crippen molar-refractivity contribution in [2.75, 3.05) is 0 Å². The van der Waals surface area contributed by atoms with Crippen molar-refractivity contribution in [1.82, 2.24) is 9.36 Å². The summed E-state index contributed by atoms with van der Waals surface area (Å²) < 4.78 is 18.2. The van der Waals surface area contributed by atoms with E-state index in [-0.39, 0.29) is 5.82 Å². The summed E-state index contributed by atoms with van der Waals surface area (Å²) >= 11 is 1.28. The zero-order valence-corrected chi connectivity index (χ0v) is 10.9. The van der Waals surface area contributed by atoms with Gasteiger partial charge in [-0.25, -0.2) is 9.37 Å². The van der Waals surface area contributed by atoms with Crippen molar-refractivity contribution >= 4 is 11.5 Å². The number of nitrogens with zero attached hydrogens (tertiary/aromatic N) is 2. The van der Waals surface area contributed by atoms with E-state index in [4.69, 9.17) is 0 Å². The van der Waals surface area contributed by atoms with Gasteiger partial charge in [0.1, 0.15) is 17.2 Å². The van der Waals surface area contributed by atoms with Crippen molar-refractivity contribution in [3.63, 3.8) is 0 Å². The van der Waals surface area contributed by atoms with Gasteiger partial charge in [0.05, 0.1) is 0 Å². The van der Waals surface area contributed by atoms with Crippen molar-refractivity contribution in [1.29, 1.82) is 0 Å². The van der Waals surface area contributed by atoms with Crippen molar-refractivity contribution in [2.45, 2.75) is 6.42 Å². The second kappa shape index (κ2) is 5.28. The van der Waals surface area contributed by atoms with Crippen molar-refractivity contribution < 1.29 is 4.39 Å². The van der Waals surface area contributed by atoms with Crippen LogP contribution >= 0.6 is 11.5 Å². The minimum absolute atomic E-state index is 0.212. The molecule has 1 aromatic heterocycles. The Morgan fingerprint density at radius 3 is 2.53 bits per heavy atom. The van der Waals surface area contributed by atoms with E-state index in [9.17, 15) is 4.39 Å². The molecule has 0 aliphatic rings. The first-order chi connectivity index (χ1) is 9.33. The molecule has 2 aromatic carbocycles. The largest absolute Gasteiger partial charge is 0.228 e. The molecule has 0 atom stereocenters. The highest BCUT2D eigenvalue weighted by atomic mass is 32.1. The summed E-state index contributed by atoms with van der Waals surface area (Å²) in [6.45, 7) is 0. The molecule has 0 fully saturated rings. The first kappa shape index (κ1) is 12.0. The second-order valence-corrected chi connectivity index (χ2v) is 4.80. The van der Waals surface area contributed by atoms with E-state index in [1.54, 1.807) is 17.6 Å². The normalized spacial score (nSPS) is 10.6. The topological polar surface area (TPSA) is 25.8 Å². The van der Waals surface area contributed by atoms with Crippen LogP contribution in [0.4, 0.5) is 4.39 Å². The molecular weight excluding hydrogens is 259 g/mol. The summed E-state index contributed by atoms with van der Waals surface area (Å²) in [6.07, 6.45) is 0.435. The first-order valence-electron chi connectivity index (χ1n) is 5.92. The predicted molar refractivity (Wildman–Crippen MR) is 74.6 cm³/mol. The van der Waals surface area contributed by atoms with Crippen LogP contribution in [0, 0.1) is 5.82 Å². The van der Waals surface area contributed by atoms with Crippen LogP contribution in [0.1, 0.15) is 11.4 Å². The van der Waals surface area contributed by atoms with Gasteiger partial charge in [0.25, 0.3) is 0 Å². The highest BCUT2D eigenvalue weighted by Gasteiger charge is 2.07. The lowest BCUT2D eigenvalue weighted by atomic mass is 10.0. The van der Waals surface area contributed by atoms with E-state index in [1.165, 1.54) is 11.5 Å². The van der Waals surface area contributed by atoms with Gasteiger partial charge in [0.15, 0.2) is 0 Å². The van der Waals surface area contributed by atoms with Crippen LogP contribution in [0.15, 0.2) is 54.0 Å². The fourth-order valence-electron chi connectivity index (χ4n) is 1.94. The van der Waals surface area contributed by atoms with Gasteiger partial charge in [0, 0.05) is 6.42 Å². The number of aromatic nitrogens is 2. The Bertz CT molecular complexity index is 666. The third-order valence-electron chi connectivity index (χ3n) is 2.92. The Morgan fingerprint density at radius 2 is 1.84 bits per heavy atom. The average molecular weight is 270 g/mol. The molecule has 4 heteroatoms. The Kier molecular flexibility index (Phi) is 3.33. The number of benzene rings is 2. The molecule has 0 radical (unpaired) electrons. The molecule has 19 heavy (non-hydrogen) atoms. The van der Waals surface area contributed by atoms with Gasteiger partial charge in [0.2, 0.25) is 0 Å². The Morgan fingerprint density at radius 1 is 1.00 bits per heavy atom. The summed E-state index contributed by atoms with van der Waals surface area (Å²) in [7, 11) is 0. The number of hydrogen-bond donors (Lipinski definition) is 0. The number of rotatable bonds is 3. The van der Waals surface area contributed by atoms with E-state index in [2.05, 4.69) is 9.36 Å². The molecule has 1 heterocycles. The minimum Gasteiger partial charge on any atom is -0.228 e. The maximum Gasteiger partial charge on any atom is 0.146 e. The maximum atomic E-state index is 14.1. The van der Waals surface area contributed by atoms with Gasteiger partial charge >= 0.3 is 0 Å². The van der Waals surface area contributed by atoms with Gasteiger partial charge in [-0.2, -0.15) is 4.37 Å². The standard InChI is InChI=1S/C15H11FN2S/c16-14-8-12(11-4-2-1-3-5-11)6-7-13(14)9-15-17-10-19-18-15/h1-8,10H,9H2. The molecule has 94 valence electrons. The van der Waals surface area contributed by atoms with Crippen molar-refractivity contribution in [3.05, 3.63) is 71.2 Å². The molecule has 0 spiro atoms. The summed E-state index contributed by atoms with van der Waals surface area (Å²) in [5.41, 5.74) is 4.18. The fraction of sp³-hybridized carbons (Fsp3) is 0.0667. The smallest absolute Gasteiger partial charge is 0.146 e. The van der Waals surface area contributed by atoms with Gasteiger partial charge < -0.3 is 0 Å². The van der Waals surface area contributed by atoms with Crippen LogP contribution in [0.2, 0.25) is 0 Å². The fourth-order valence-corrected chi connectivity index (χ4v) is 2.39. The average Bonchev–Trinajstić information content (AvgIpc) is 2.95. The second-order valence-electron chi connectivity index (χ2n) is 4.20. The molecule has 0 saturated heterocycles. The quantitative estimate of drug-likeness (QED) is 0.720. The number of halogens is 1. The molecule has 0 aliphatic heterocycles. The van der Waals surface area contributed by atoms with Crippen LogP contribution in [0.25, 0.3) is 11.1 Å². The lowest BCUT2D eigenvalue weighted by Gasteiger charge is -2.05. The predicted octanol–water partition coefficient (Wildman–Crippen LogP) is 3.94. The van der Waals surface area contributed by atoms with Crippen LogP contribution in [-0.4, -0.2) is 9.36 Å². The van der Waals surface area contributed by atoms with E-state index < -0.39 is 0 Å². The van der Waals surface area contributed by atoms with Crippen LogP contribution in [0.5, 0.6) is 0 Å². The lowest BCUT2D eigenvalue weighted by Crippen LogP contribution is -1.95. The molecule has 0 N–H and O–H groups in total. The summed E-state index contributed by atoms with van der Waals surface area (Å²) in [5.74, 6) is 0.451. The van der Waals surface area contributed by atoms with E-state index in [1.807, 2.05) is 36.4 Å². The third kappa shape index (κ3) is 2.69. The Labute approximate surface area is 114 Å². The highest BCUT2D eigenvalue weighted by Crippen LogP contribution is 2.22. The molecule has 3 aromatic rings. The first-order valence-corrected chi connectivity index (χ1v) is 6.76. The van der Waals surface area contributed by atoms with Crippen molar-refractivity contribution in [3.8, 4) is 11.1 Å². The van der Waals surface area contributed by atoms with Gasteiger partial charge in [-0.05, 0) is 34.3 Å². The van der Waals surface area contributed by atoms with Gasteiger partial charge in [-0.3, -0.25) is 0 Å². The van der Waals surface area contributed by atoms with Crippen LogP contribution in [-0.2, 0) is 6.42 Å². The highest BCUT2D eigenvalue weighted by molar-refractivity contribution is 7.03. The maximum absolute atomic E-state index is 14.1. The molecule has 3 rings (SSSR count). The number of hydrogen-bond acceptors (Lipinski definition) is 3. The van der Waals surface area contributed by atoms with Crippen molar-refractivity contribution in [2.24, 2.45) is 0 Å². The molecule has 2 nitrogen and oxygen atoms in total. The minimum atomic E-state index is -0.212. The summed E-state index contributed by atoms with van der Waals surface area (Å²) in [4.78, 5) is 4.07. The Hall–Kier alpha value is -2.07. The molecule has 0 saturated carbocycles. The molecule has 0 bridgehead atoms. The molecule has 0 unspecified atom stereocenters. The summed E-state index contributed by atoms with van der Waals surface area (Å²) in [6, 6.07) is 15.1. The third-order valence-corrected chi connectivity index (χ3v) is 3.43. The molecule has 0 amide bonds. The summed E-state index contributed by atoms with van der Waals surface area (Å²) in [5, 5.41) is 0. The Balaban J connectivity index is 1.90. The van der Waals surface area contributed by atoms with Crippen LogP contribution < -0.4 is 0 Å². The van der Waals surface area contributed by atoms with Gasteiger partial charge in [-0.1, -0.05) is 42.5 Å². The van der Waals surface area contributed by atoms with Crippen LogP contribution in [0.3, 0.4) is 0 Å². The van der Waals surface area contributed by atoms with Gasteiger partial charge in [-0.15, -0.1) is 0 Å². The SMILES string of the molecule is Fc1cc(-c2ccccc2)ccc1Cc1ncsn1. The van der Waals surface area contributed by atoms with E-state index in [0.717, 1.165) is 11.1 Å². The zero-order valence-electron chi connectivity index (χ0n) is 10.1. The monoisotopic (exact) mass is 270 g/mol. The van der Waals surface area contributed by atoms with E-state index in [0.29, 0.717) is 17.8 Å². The molecule has 0 aliphatic carbocycles. The van der Waals surface area contributed by atoms with E-state index >= 15 is 0 Å². The zero-order chi connectivity index (χ0) is 13.1. The molecular formula is C15H11FN2S.